The average molecular weight is 320 g/mol. The number of ether oxygens (including phenoxy) is 2. The summed E-state index contributed by atoms with van der Waals surface area (Å²) in [4.78, 5) is 12.1. The van der Waals surface area contributed by atoms with Crippen molar-refractivity contribution in [2.24, 2.45) is 7.05 Å². The summed E-state index contributed by atoms with van der Waals surface area (Å²) in [5.41, 5.74) is 2.79. The highest BCUT2D eigenvalue weighted by atomic mass is 35.5. The number of carbonyl (C=O) groups is 1. The van der Waals surface area contributed by atoms with Gasteiger partial charge in [-0.3, -0.25) is 9.48 Å². The van der Waals surface area contributed by atoms with Gasteiger partial charge in [0.1, 0.15) is 11.6 Å². The smallest absolute Gasteiger partial charge is 0.226 e. The molecule has 2 aromatic rings. The SMILES string of the molecule is Cn1ncc2c1NC(=O)C[C@@H]2c1cc(Cl)cc2c1OCOC2. The van der Waals surface area contributed by atoms with E-state index in [0.29, 0.717) is 18.1 Å². The van der Waals surface area contributed by atoms with E-state index in [1.54, 1.807) is 17.9 Å². The molecule has 4 rings (SSSR count). The van der Waals surface area contributed by atoms with Gasteiger partial charge in [0, 0.05) is 41.1 Å². The number of carbonyl (C=O) groups excluding carboxylic acids is 1. The summed E-state index contributed by atoms with van der Waals surface area (Å²) >= 11 is 6.24. The molecule has 6 nitrogen and oxygen atoms in total. The van der Waals surface area contributed by atoms with E-state index in [1.165, 1.54) is 0 Å². The van der Waals surface area contributed by atoms with Crippen LogP contribution in [0.25, 0.3) is 0 Å². The van der Waals surface area contributed by atoms with Crippen molar-refractivity contribution < 1.29 is 14.3 Å². The van der Waals surface area contributed by atoms with Gasteiger partial charge in [0.25, 0.3) is 0 Å². The Morgan fingerprint density at radius 2 is 2.27 bits per heavy atom. The third-order valence-corrected chi connectivity index (χ3v) is 4.29. The molecular weight excluding hydrogens is 306 g/mol. The third kappa shape index (κ3) is 2.07. The molecule has 1 N–H and O–H groups in total. The van der Waals surface area contributed by atoms with E-state index in [0.717, 1.165) is 28.3 Å². The molecule has 0 unspecified atom stereocenters. The number of anilines is 1. The third-order valence-electron chi connectivity index (χ3n) is 4.07. The standard InChI is InChI=1S/C15H14ClN3O3/c1-19-15-12(5-17-19)10(4-13(20)18-15)11-3-9(16)2-8-6-21-7-22-14(8)11/h2-3,5,10H,4,6-7H2,1H3,(H,18,20)/t10-/m1/s1. The summed E-state index contributed by atoms with van der Waals surface area (Å²) in [7, 11) is 1.80. The maximum absolute atomic E-state index is 12.1. The number of nitrogens with zero attached hydrogens (tertiary/aromatic N) is 2. The molecule has 7 heteroatoms. The Bertz CT molecular complexity index is 772. The molecule has 1 aromatic heterocycles. The first-order chi connectivity index (χ1) is 10.6. The zero-order valence-corrected chi connectivity index (χ0v) is 12.7. The molecule has 1 atom stereocenters. The van der Waals surface area contributed by atoms with E-state index in [2.05, 4.69) is 10.4 Å². The fourth-order valence-corrected chi connectivity index (χ4v) is 3.34. The number of fused-ring (bicyclic) bond motifs is 2. The number of halogens is 1. The molecule has 22 heavy (non-hydrogen) atoms. The second-order valence-corrected chi connectivity index (χ2v) is 5.91. The number of hydrogen-bond acceptors (Lipinski definition) is 4. The van der Waals surface area contributed by atoms with Crippen LogP contribution >= 0.6 is 11.6 Å². The van der Waals surface area contributed by atoms with Crippen molar-refractivity contribution in [1.82, 2.24) is 9.78 Å². The molecule has 1 aromatic carbocycles. The molecule has 0 spiro atoms. The molecule has 2 aliphatic heterocycles. The van der Waals surface area contributed by atoms with Gasteiger partial charge >= 0.3 is 0 Å². The van der Waals surface area contributed by atoms with Crippen molar-refractivity contribution in [3.63, 3.8) is 0 Å². The van der Waals surface area contributed by atoms with Crippen molar-refractivity contribution in [2.45, 2.75) is 18.9 Å². The Morgan fingerprint density at radius 1 is 1.41 bits per heavy atom. The van der Waals surface area contributed by atoms with Gasteiger partial charge in [0.15, 0.2) is 6.79 Å². The van der Waals surface area contributed by atoms with Gasteiger partial charge < -0.3 is 14.8 Å². The summed E-state index contributed by atoms with van der Waals surface area (Å²) in [5, 5.41) is 7.72. The van der Waals surface area contributed by atoms with Gasteiger partial charge in [-0.1, -0.05) is 11.6 Å². The number of aromatic nitrogens is 2. The Hall–Kier alpha value is -2.05. The maximum atomic E-state index is 12.1. The number of amides is 1. The molecule has 0 bridgehead atoms. The fraction of sp³-hybridized carbons (Fsp3) is 0.333. The predicted octanol–water partition coefficient (Wildman–Crippen LogP) is 2.41. The molecule has 0 fully saturated rings. The number of hydrogen-bond donors (Lipinski definition) is 1. The summed E-state index contributed by atoms with van der Waals surface area (Å²) < 4.78 is 12.7. The number of aryl methyl sites for hydroxylation is 1. The van der Waals surface area contributed by atoms with Crippen LogP contribution in [0.15, 0.2) is 18.3 Å². The summed E-state index contributed by atoms with van der Waals surface area (Å²) in [6, 6.07) is 3.71. The van der Waals surface area contributed by atoms with E-state index < -0.39 is 0 Å². The Morgan fingerprint density at radius 3 is 3.14 bits per heavy atom. The monoisotopic (exact) mass is 319 g/mol. The number of nitrogens with one attached hydrogen (secondary N) is 1. The lowest BCUT2D eigenvalue weighted by Crippen LogP contribution is -2.25. The van der Waals surface area contributed by atoms with Crippen LogP contribution in [0.1, 0.15) is 29.0 Å². The molecule has 1 amide bonds. The molecule has 0 aliphatic carbocycles. The first kappa shape index (κ1) is 13.6. The van der Waals surface area contributed by atoms with Crippen LogP contribution in [-0.4, -0.2) is 22.5 Å². The van der Waals surface area contributed by atoms with E-state index >= 15 is 0 Å². The lowest BCUT2D eigenvalue weighted by atomic mass is 9.85. The normalized spacial score (nSPS) is 19.9. The summed E-state index contributed by atoms with van der Waals surface area (Å²) in [6.45, 7) is 0.669. The highest BCUT2D eigenvalue weighted by Gasteiger charge is 2.32. The van der Waals surface area contributed by atoms with Crippen LogP contribution in [0, 0.1) is 0 Å². The van der Waals surface area contributed by atoms with Crippen LogP contribution in [0.5, 0.6) is 5.75 Å². The van der Waals surface area contributed by atoms with Crippen LogP contribution in [0.2, 0.25) is 5.02 Å². The van der Waals surface area contributed by atoms with Gasteiger partial charge in [0.05, 0.1) is 12.8 Å². The number of benzene rings is 1. The lowest BCUT2D eigenvalue weighted by Gasteiger charge is -2.28. The quantitative estimate of drug-likeness (QED) is 0.876. The molecule has 0 saturated carbocycles. The predicted molar refractivity (Wildman–Crippen MR) is 80.0 cm³/mol. The van der Waals surface area contributed by atoms with Crippen molar-refractivity contribution in [3.05, 3.63) is 40.0 Å². The van der Waals surface area contributed by atoms with Gasteiger partial charge in [-0.2, -0.15) is 5.10 Å². The van der Waals surface area contributed by atoms with Crippen molar-refractivity contribution >= 4 is 23.3 Å². The minimum absolute atomic E-state index is 0.0399. The second-order valence-electron chi connectivity index (χ2n) is 5.47. The van der Waals surface area contributed by atoms with Gasteiger partial charge in [0.2, 0.25) is 5.91 Å². The van der Waals surface area contributed by atoms with E-state index in [4.69, 9.17) is 21.1 Å². The van der Waals surface area contributed by atoms with E-state index in [9.17, 15) is 4.79 Å². The fourth-order valence-electron chi connectivity index (χ4n) is 3.09. The highest BCUT2D eigenvalue weighted by Crippen LogP contribution is 2.43. The first-order valence-electron chi connectivity index (χ1n) is 6.98. The largest absolute Gasteiger partial charge is 0.467 e. The molecule has 2 aliphatic rings. The number of rotatable bonds is 1. The topological polar surface area (TPSA) is 65.4 Å². The van der Waals surface area contributed by atoms with Crippen molar-refractivity contribution in [2.75, 3.05) is 12.1 Å². The molecule has 0 saturated heterocycles. The molecule has 114 valence electrons. The average Bonchev–Trinajstić information content (AvgIpc) is 2.87. The van der Waals surface area contributed by atoms with Crippen molar-refractivity contribution in [3.8, 4) is 5.75 Å². The maximum Gasteiger partial charge on any atom is 0.226 e. The van der Waals surface area contributed by atoms with Gasteiger partial charge in [-0.25, -0.2) is 0 Å². The van der Waals surface area contributed by atoms with Crippen LogP contribution in [-0.2, 0) is 23.2 Å². The van der Waals surface area contributed by atoms with E-state index in [-0.39, 0.29) is 18.6 Å². The Labute approximate surface area is 132 Å². The van der Waals surface area contributed by atoms with Gasteiger partial charge in [-0.15, -0.1) is 0 Å². The lowest BCUT2D eigenvalue weighted by molar-refractivity contribution is -0.116. The minimum Gasteiger partial charge on any atom is -0.467 e. The molecule has 3 heterocycles. The minimum atomic E-state index is -0.122. The van der Waals surface area contributed by atoms with E-state index in [1.807, 2.05) is 12.1 Å². The van der Waals surface area contributed by atoms with Gasteiger partial charge in [-0.05, 0) is 12.1 Å². The van der Waals surface area contributed by atoms with Crippen molar-refractivity contribution in [1.29, 1.82) is 0 Å². The Balaban J connectivity index is 1.89. The highest BCUT2D eigenvalue weighted by molar-refractivity contribution is 6.30. The second kappa shape index (κ2) is 5.00. The summed E-state index contributed by atoms with van der Waals surface area (Å²) in [5.74, 6) is 1.33. The molecule has 0 radical (unpaired) electrons. The summed E-state index contributed by atoms with van der Waals surface area (Å²) in [6.07, 6.45) is 2.13. The van der Waals surface area contributed by atoms with Crippen LogP contribution in [0.4, 0.5) is 5.82 Å². The van der Waals surface area contributed by atoms with Crippen LogP contribution < -0.4 is 10.1 Å². The first-order valence-corrected chi connectivity index (χ1v) is 7.36. The Kier molecular flexibility index (Phi) is 3.09. The zero-order chi connectivity index (χ0) is 15.3. The zero-order valence-electron chi connectivity index (χ0n) is 11.9. The van der Waals surface area contributed by atoms with Crippen LogP contribution in [0.3, 0.4) is 0 Å². The molecular formula is C15H14ClN3O3.